The van der Waals surface area contributed by atoms with Gasteiger partial charge in [-0.15, -0.1) is 0 Å². The molecule has 0 aliphatic heterocycles. The molecule has 0 aromatic carbocycles. The molecule has 0 amide bonds. The highest BCUT2D eigenvalue weighted by Crippen LogP contribution is 1.92. The van der Waals surface area contributed by atoms with Crippen LogP contribution in [0.5, 0.6) is 0 Å². The number of rotatable bonds is 0. The number of hydrogen-bond acceptors (Lipinski definition) is 2. The van der Waals surface area contributed by atoms with Gasteiger partial charge >= 0.3 is 0 Å². The van der Waals surface area contributed by atoms with Crippen LogP contribution in [0.4, 0.5) is 0 Å². The number of pyridine rings is 1. The Labute approximate surface area is 63.2 Å². The molecule has 0 saturated heterocycles. The molecule has 0 radical (unpaired) electrons. The topological polar surface area (TPSA) is 46.1 Å². The summed E-state index contributed by atoms with van der Waals surface area (Å²) in [6.45, 7) is 0. The molecule has 2 heterocycles. The van der Waals surface area contributed by atoms with Gasteiger partial charge in [-0.2, -0.15) is 5.10 Å². The second-order valence-corrected chi connectivity index (χ2v) is 2.38. The van der Waals surface area contributed by atoms with Crippen LogP contribution in [-0.4, -0.2) is 14.2 Å². The summed E-state index contributed by atoms with van der Waals surface area (Å²) in [6, 6.07) is 5.66. The minimum atomic E-state index is 0.389. The molecule has 4 nitrogen and oxygen atoms in total. The van der Waals surface area contributed by atoms with E-state index in [2.05, 4.69) is 5.10 Å². The van der Waals surface area contributed by atoms with Crippen LogP contribution in [0.25, 0.3) is 5.65 Å². The molecule has 2 aromatic heterocycles. The lowest BCUT2D eigenvalue weighted by molar-refractivity contribution is 0.699. The van der Waals surface area contributed by atoms with E-state index < -0.39 is 0 Å². The molecule has 0 saturated carbocycles. The summed E-state index contributed by atoms with van der Waals surface area (Å²) in [5, 5.41) is 11.6. The fourth-order valence-corrected chi connectivity index (χ4v) is 1.05. The van der Waals surface area contributed by atoms with Crippen LogP contribution < -0.4 is 5.62 Å². The molecule has 4 heteroatoms. The van der Waals surface area contributed by atoms with Crippen molar-refractivity contribution < 1.29 is 0 Å². The Morgan fingerprint density at radius 1 is 1.45 bits per heavy atom. The molecular weight excluding hydrogens is 140 g/mol. The van der Waals surface area contributed by atoms with Gasteiger partial charge in [0.15, 0.2) is 5.65 Å². The lowest BCUT2D eigenvalue weighted by atomic mass is 10.5. The van der Waals surface area contributed by atoms with Crippen molar-refractivity contribution in [2.45, 2.75) is 0 Å². The van der Waals surface area contributed by atoms with Crippen LogP contribution in [0.3, 0.4) is 0 Å². The van der Waals surface area contributed by atoms with E-state index in [4.69, 9.17) is 5.41 Å². The zero-order chi connectivity index (χ0) is 7.84. The zero-order valence-electron chi connectivity index (χ0n) is 6.15. The van der Waals surface area contributed by atoms with Crippen molar-refractivity contribution in [3.8, 4) is 0 Å². The fourth-order valence-electron chi connectivity index (χ4n) is 1.05. The molecule has 11 heavy (non-hydrogen) atoms. The van der Waals surface area contributed by atoms with Gasteiger partial charge in [0, 0.05) is 13.2 Å². The molecular formula is C7H8N4. The van der Waals surface area contributed by atoms with Gasteiger partial charge in [-0.05, 0) is 12.1 Å². The van der Waals surface area contributed by atoms with Gasteiger partial charge in [0.2, 0.25) is 5.62 Å². The lowest BCUT2D eigenvalue weighted by Crippen LogP contribution is -2.17. The minimum Gasteiger partial charge on any atom is -0.269 e. The molecule has 0 aliphatic rings. The first kappa shape index (κ1) is 6.15. The lowest BCUT2D eigenvalue weighted by Gasteiger charge is -1.86. The van der Waals surface area contributed by atoms with Crippen LogP contribution in [0.1, 0.15) is 0 Å². The van der Waals surface area contributed by atoms with E-state index in [1.54, 1.807) is 11.4 Å². The Morgan fingerprint density at radius 2 is 2.27 bits per heavy atom. The van der Waals surface area contributed by atoms with Crippen LogP contribution in [0.15, 0.2) is 24.4 Å². The first-order valence-electron chi connectivity index (χ1n) is 3.34. The first-order valence-corrected chi connectivity index (χ1v) is 3.34. The quantitative estimate of drug-likeness (QED) is 0.568. The third-order valence-corrected chi connectivity index (χ3v) is 1.63. The molecule has 0 aliphatic carbocycles. The number of nitrogens with one attached hydrogen (secondary N) is 1. The summed E-state index contributed by atoms with van der Waals surface area (Å²) in [5.41, 5.74) is 1.20. The standard InChI is InChI=1S/C7H8N4/c1-10-7(8)11-5-3-2-4-6(11)9-10/h2-5,8H,1H3. The highest BCUT2D eigenvalue weighted by Gasteiger charge is 1.96. The average Bonchev–Trinajstić information content (AvgIpc) is 2.30. The smallest absolute Gasteiger partial charge is 0.224 e. The van der Waals surface area contributed by atoms with E-state index in [1.165, 1.54) is 4.68 Å². The minimum absolute atomic E-state index is 0.389. The third kappa shape index (κ3) is 0.756. The van der Waals surface area contributed by atoms with Crippen molar-refractivity contribution in [1.82, 2.24) is 14.2 Å². The Bertz CT molecular complexity index is 437. The Hall–Kier alpha value is -1.58. The van der Waals surface area contributed by atoms with Gasteiger partial charge in [-0.25, -0.2) is 4.68 Å². The number of aryl methyl sites for hydroxylation is 1. The predicted molar refractivity (Wildman–Crippen MR) is 40.0 cm³/mol. The number of hydrogen-bond donors (Lipinski definition) is 1. The normalized spacial score (nSPS) is 10.6. The molecule has 0 atom stereocenters. The van der Waals surface area contributed by atoms with Crippen LogP contribution in [0, 0.1) is 5.41 Å². The number of aromatic nitrogens is 3. The van der Waals surface area contributed by atoms with Gasteiger partial charge in [-0.1, -0.05) is 6.07 Å². The maximum atomic E-state index is 7.53. The second kappa shape index (κ2) is 1.95. The van der Waals surface area contributed by atoms with E-state index in [-0.39, 0.29) is 0 Å². The van der Waals surface area contributed by atoms with Crippen molar-refractivity contribution in [1.29, 1.82) is 5.41 Å². The van der Waals surface area contributed by atoms with Crippen molar-refractivity contribution >= 4 is 5.65 Å². The Morgan fingerprint density at radius 3 is 3.00 bits per heavy atom. The predicted octanol–water partition coefficient (Wildman–Crippen LogP) is 0.152. The largest absolute Gasteiger partial charge is 0.269 e. The monoisotopic (exact) mass is 148 g/mol. The van der Waals surface area contributed by atoms with E-state index >= 15 is 0 Å². The van der Waals surface area contributed by atoms with Crippen molar-refractivity contribution in [3.05, 3.63) is 30.0 Å². The van der Waals surface area contributed by atoms with E-state index in [1.807, 2.05) is 24.4 Å². The van der Waals surface area contributed by atoms with E-state index in [9.17, 15) is 0 Å². The maximum absolute atomic E-state index is 7.53. The molecule has 0 bridgehead atoms. The summed E-state index contributed by atoms with van der Waals surface area (Å²) in [5.74, 6) is 0. The van der Waals surface area contributed by atoms with Crippen molar-refractivity contribution in [3.63, 3.8) is 0 Å². The van der Waals surface area contributed by atoms with Crippen molar-refractivity contribution in [2.75, 3.05) is 0 Å². The van der Waals surface area contributed by atoms with Gasteiger partial charge < -0.3 is 0 Å². The van der Waals surface area contributed by atoms with Gasteiger partial charge in [-0.3, -0.25) is 9.81 Å². The summed E-state index contributed by atoms with van der Waals surface area (Å²) >= 11 is 0. The summed E-state index contributed by atoms with van der Waals surface area (Å²) in [4.78, 5) is 0. The van der Waals surface area contributed by atoms with Gasteiger partial charge in [0.1, 0.15) is 0 Å². The first-order chi connectivity index (χ1) is 5.29. The second-order valence-electron chi connectivity index (χ2n) is 2.38. The molecule has 1 N–H and O–H groups in total. The molecule has 0 spiro atoms. The van der Waals surface area contributed by atoms with E-state index in [0.29, 0.717) is 5.62 Å². The summed E-state index contributed by atoms with van der Waals surface area (Å²) < 4.78 is 3.26. The number of nitrogens with zero attached hydrogens (tertiary/aromatic N) is 3. The summed E-state index contributed by atoms with van der Waals surface area (Å²) in [6.07, 6.45) is 1.82. The molecule has 0 unspecified atom stereocenters. The maximum Gasteiger partial charge on any atom is 0.224 e. The molecule has 0 fully saturated rings. The number of fused-ring (bicyclic) bond motifs is 1. The molecule has 2 aromatic rings. The zero-order valence-corrected chi connectivity index (χ0v) is 6.15. The van der Waals surface area contributed by atoms with Crippen LogP contribution in [-0.2, 0) is 7.05 Å². The molecule has 56 valence electrons. The highest BCUT2D eigenvalue weighted by atomic mass is 15.4. The molecule has 2 rings (SSSR count). The van der Waals surface area contributed by atoms with Crippen LogP contribution in [0.2, 0.25) is 0 Å². The summed E-state index contributed by atoms with van der Waals surface area (Å²) in [7, 11) is 1.76. The Kier molecular flexibility index (Phi) is 1.09. The third-order valence-electron chi connectivity index (χ3n) is 1.63. The fraction of sp³-hybridized carbons (Fsp3) is 0.143. The van der Waals surface area contributed by atoms with Crippen LogP contribution >= 0.6 is 0 Å². The highest BCUT2D eigenvalue weighted by molar-refractivity contribution is 5.34. The van der Waals surface area contributed by atoms with Gasteiger partial charge in [0.05, 0.1) is 0 Å². The SMILES string of the molecule is Cn1nc2ccccn2c1=N. The average molecular weight is 148 g/mol. The van der Waals surface area contributed by atoms with Crippen molar-refractivity contribution in [2.24, 2.45) is 7.05 Å². The Balaban J connectivity index is 3.04. The van der Waals surface area contributed by atoms with E-state index in [0.717, 1.165) is 5.65 Å². The van der Waals surface area contributed by atoms with Gasteiger partial charge in [0.25, 0.3) is 0 Å².